The number of piperazine rings is 1. The van der Waals surface area contributed by atoms with Crippen LogP contribution in [0.4, 0.5) is 5.82 Å². The Hall–Kier alpha value is -0.590. The van der Waals surface area contributed by atoms with Crippen molar-refractivity contribution in [2.45, 2.75) is 44.2 Å². The van der Waals surface area contributed by atoms with Crippen LogP contribution in [0.3, 0.4) is 0 Å². The van der Waals surface area contributed by atoms with E-state index in [1.54, 1.807) is 0 Å². The molecule has 3 saturated heterocycles. The normalized spacial score (nSPS) is 26.0. The lowest BCUT2D eigenvalue weighted by atomic mass is 9.82. The molecule has 1 aromatic heterocycles. The lowest BCUT2D eigenvalue weighted by molar-refractivity contribution is -0.121. The van der Waals surface area contributed by atoms with Gasteiger partial charge in [0, 0.05) is 45.0 Å². The lowest BCUT2D eigenvalue weighted by Crippen LogP contribution is -2.57. The van der Waals surface area contributed by atoms with E-state index in [9.17, 15) is 0 Å². The fourth-order valence-corrected chi connectivity index (χ4v) is 4.65. The molecule has 0 aromatic carbocycles. The van der Waals surface area contributed by atoms with Crippen molar-refractivity contribution in [3.05, 3.63) is 23.9 Å². The summed E-state index contributed by atoms with van der Waals surface area (Å²) in [6, 6.07) is 4.88. The first-order valence-electron chi connectivity index (χ1n) is 9.51. The maximum atomic E-state index is 6.25. The molecule has 1 N–H and O–H groups in total. The van der Waals surface area contributed by atoms with Crippen molar-refractivity contribution >= 4 is 30.6 Å². The van der Waals surface area contributed by atoms with Crippen molar-refractivity contribution in [2.75, 3.05) is 50.8 Å². The Kier molecular flexibility index (Phi) is 7.98. The number of piperidine rings is 1. The topological polar surface area (TPSA) is 40.6 Å². The number of rotatable bonds is 2. The fourth-order valence-electron chi connectivity index (χ4n) is 4.65. The summed E-state index contributed by atoms with van der Waals surface area (Å²) in [5, 5.41) is 3.47. The third-order valence-corrected chi connectivity index (χ3v) is 6.09. The highest BCUT2D eigenvalue weighted by atomic mass is 35.5. The van der Waals surface area contributed by atoms with Crippen LogP contribution >= 0.6 is 24.8 Å². The lowest BCUT2D eigenvalue weighted by Gasteiger charge is -2.48. The number of nitrogens with zero attached hydrogens (tertiary/aromatic N) is 3. The Morgan fingerprint density at radius 2 is 1.88 bits per heavy atom. The van der Waals surface area contributed by atoms with Crippen molar-refractivity contribution in [1.82, 2.24) is 15.2 Å². The maximum Gasteiger partial charge on any atom is 0.131 e. The Morgan fingerprint density at radius 3 is 2.58 bits per heavy atom. The van der Waals surface area contributed by atoms with Gasteiger partial charge in [0.2, 0.25) is 0 Å². The SMILES string of the molecule is Cc1cccnc1N1CCN(C2CCOC3(CCNCC3)C2)CC1.Cl.Cl. The van der Waals surface area contributed by atoms with Crippen molar-refractivity contribution < 1.29 is 4.74 Å². The average molecular weight is 403 g/mol. The molecule has 3 fully saturated rings. The van der Waals surface area contributed by atoms with Gasteiger partial charge in [-0.1, -0.05) is 6.07 Å². The van der Waals surface area contributed by atoms with Crippen molar-refractivity contribution in [1.29, 1.82) is 0 Å². The molecule has 26 heavy (non-hydrogen) atoms. The summed E-state index contributed by atoms with van der Waals surface area (Å²) in [6.45, 7) is 9.79. The second-order valence-electron chi connectivity index (χ2n) is 7.60. The molecule has 7 heteroatoms. The van der Waals surface area contributed by atoms with E-state index in [4.69, 9.17) is 4.74 Å². The highest BCUT2D eigenvalue weighted by molar-refractivity contribution is 5.85. The van der Waals surface area contributed by atoms with Crippen LogP contribution in [-0.4, -0.2) is 67.4 Å². The van der Waals surface area contributed by atoms with Gasteiger partial charge in [-0.2, -0.15) is 0 Å². The minimum atomic E-state index is 0. The first kappa shape index (κ1) is 21.7. The molecule has 1 unspecified atom stereocenters. The molecule has 1 atom stereocenters. The fraction of sp³-hybridized carbons (Fsp3) is 0.737. The third kappa shape index (κ3) is 4.63. The van der Waals surface area contributed by atoms with Crippen LogP contribution in [0.2, 0.25) is 0 Å². The first-order valence-corrected chi connectivity index (χ1v) is 9.51. The standard InChI is InChI=1S/C19H30N4O.2ClH/c1-16-3-2-7-21-18(16)23-12-10-22(11-13-23)17-4-14-24-19(15-17)5-8-20-9-6-19;;/h2-3,7,17,20H,4-6,8-15H2,1H3;2*1H. The number of ether oxygens (including phenoxy) is 1. The summed E-state index contributed by atoms with van der Waals surface area (Å²) in [7, 11) is 0. The van der Waals surface area contributed by atoms with Crippen LogP contribution in [0.25, 0.3) is 0 Å². The molecular weight excluding hydrogens is 371 g/mol. The van der Waals surface area contributed by atoms with Crippen LogP contribution < -0.4 is 10.2 Å². The second-order valence-corrected chi connectivity index (χ2v) is 7.60. The molecule has 4 rings (SSSR count). The van der Waals surface area contributed by atoms with Crippen molar-refractivity contribution in [3.63, 3.8) is 0 Å². The largest absolute Gasteiger partial charge is 0.375 e. The van der Waals surface area contributed by atoms with Gasteiger partial charge in [0.15, 0.2) is 0 Å². The zero-order valence-corrected chi connectivity index (χ0v) is 17.3. The number of anilines is 1. The molecule has 4 heterocycles. The monoisotopic (exact) mass is 402 g/mol. The molecule has 5 nitrogen and oxygen atoms in total. The molecule has 0 amide bonds. The van der Waals surface area contributed by atoms with Gasteiger partial charge in [0.05, 0.1) is 5.60 Å². The summed E-state index contributed by atoms with van der Waals surface area (Å²) in [6.07, 6.45) is 6.68. The van der Waals surface area contributed by atoms with E-state index in [1.165, 1.54) is 37.1 Å². The van der Waals surface area contributed by atoms with Gasteiger partial charge in [-0.15, -0.1) is 24.8 Å². The van der Waals surface area contributed by atoms with E-state index < -0.39 is 0 Å². The second kappa shape index (κ2) is 9.56. The Morgan fingerprint density at radius 1 is 1.15 bits per heavy atom. The number of hydrogen-bond acceptors (Lipinski definition) is 5. The summed E-state index contributed by atoms with van der Waals surface area (Å²) in [5.41, 5.74) is 1.44. The molecule has 0 bridgehead atoms. The highest BCUT2D eigenvalue weighted by Gasteiger charge is 2.40. The first-order chi connectivity index (χ1) is 11.8. The van der Waals surface area contributed by atoms with Gasteiger partial charge < -0.3 is 15.0 Å². The number of aryl methyl sites for hydroxylation is 1. The summed E-state index contributed by atoms with van der Waals surface area (Å²) in [5.74, 6) is 1.17. The van der Waals surface area contributed by atoms with Gasteiger partial charge in [-0.25, -0.2) is 4.98 Å². The number of pyridine rings is 1. The van der Waals surface area contributed by atoms with Crippen molar-refractivity contribution in [3.8, 4) is 0 Å². The van der Waals surface area contributed by atoms with E-state index in [0.717, 1.165) is 45.9 Å². The average Bonchev–Trinajstić information content (AvgIpc) is 2.63. The molecule has 3 aliphatic rings. The Labute approximate surface area is 169 Å². The zero-order chi connectivity index (χ0) is 16.4. The Balaban J connectivity index is 0.00000121. The number of nitrogens with one attached hydrogen (secondary N) is 1. The molecule has 0 saturated carbocycles. The van der Waals surface area contributed by atoms with Gasteiger partial charge in [0.25, 0.3) is 0 Å². The predicted octanol–water partition coefficient (Wildman–Crippen LogP) is 2.66. The molecule has 3 aliphatic heterocycles. The van der Waals surface area contributed by atoms with Crippen LogP contribution in [-0.2, 0) is 4.74 Å². The van der Waals surface area contributed by atoms with E-state index in [2.05, 4.69) is 33.1 Å². The maximum absolute atomic E-state index is 6.25. The van der Waals surface area contributed by atoms with E-state index >= 15 is 0 Å². The number of halogens is 2. The molecule has 1 spiro atoms. The molecule has 0 radical (unpaired) electrons. The van der Waals surface area contributed by atoms with Crippen LogP contribution in [0.1, 0.15) is 31.2 Å². The minimum Gasteiger partial charge on any atom is -0.375 e. The van der Waals surface area contributed by atoms with E-state index in [1.807, 2.05) is 12.3 Å². The predicted molar refractivity (Wildman–Crippen MR) is 111 cm³/mol. The molecular formula is C19H32Cl2N4O. The number of hydrogen-bond donors (Lipinski definition) is 1. The van der Waals surface area contributed by atoms with E-state index in [-0.39, 0.29) is 30.4 Å². The molecule has 1 aromatic rings. The van der Waals surface area contributed by atoms with Crippen LogP contribution in [0, 0.1) is 6.92 Å². The summed E-state index contributed by atoms with van der Waals surface area (Å²) >= 11 is 0. The van der Waals surface area contributed by atoms with Crippen LogP contribution in [0.15, 0.2) is 18.3 Å². The quantitative estimate of drug-likeness (QED) is 0.822. The highest BCUT2D eigenvalue weighted by Crippen LogP contribution is 2.35. The third-order valence-electron chi connectivity index (χ3n) is 6.09. The van der Waals surface area contributed by atoms with Gasteiger partial charge in [0.1, 0.15) is 5.82 Å². The Bertz CT molecular complexity index is 555. The van der Waals surface area contributed by atoms with E-state index in [0.29, 0.717) is 6.04 Å². The van der Waals surface area contributed by atoms with Crippen molar-refractivity contribution in [2.24, 2.45) is 0 Å². The molecule has 0 aliphatic carbocycles. The minimum absolute atomic E-state index is 0. The van der Waals surface area contributed by atoms with Gasteiger partial charge in [-0.3, -0.25) is 4.90 Å². The number of aromatic nitrogens is 1. The zero-order valence-electron chi connectivity index (χ0n) is 15.7. The summed E-state index contributed by atoms with van der Waals surface area (Å²) in [4.78, 5) is 9.75. The summed E-state index contributed by atoms with van der Waals surface area (Å²) < 4.78 is 6.25. The van der Waals surface area contributed by atoms with Gasteiger partial charge >= 0.3 is 0 Å². The van der Waals surface area contributed by atoms with Gasteiger partial charge in [-0.05, 0) is 57.3 Å². The molecule has 148 valence electrons. The van der Waals surface area contributed by atoms with Crippen LogP contribution in [0.5, 0.6) is 0 Å². The smallest absolute Gasteiger partial charge is 0.131 e.